The molecule has 0 amide bonds. The van der Waals surface area contributed by atoms with Gasteiger partial charge in [-0.2, -0.15) is 0 Å². The summed E-state index contributed by atoms with van der Waals surface area (Å²) in [4.78, 5) is 66.3. The Bertz CT molecular complexity index is 1700. The largest absolute Gasteiger partial charge is 0.467 e. The van der Waals surface area contributed by atoms with Crippen molar-refractivity contribution in [1.82, 2.24) is 0 Å². The number of rotatable bonds is 20. The molecule has 0 saturated carbocycles. The number of carbonyl (C=O) groups excluding carboxylic acids is 5. The SMILES string of the molecule is COC(=O)[C@H]1O[C@@]2(CCCC(OC(C)=O)C(C)Cc3ccccc3)O[C@](C(=O)OC)([C@H](OC(=O)CC/C=C/[C@H](C)CCCc3ccccc3)[C@H]2O)[C@]1(O)C(=O)OC. The first kappa shape index (κ1) is 45.1. The number of hydrogen-bond acceptors (Lipinski definition) is 14. The summed E-state index contributed by atoms with van der Waals surface area (Å²) in [6.45, 7) is 5.27. The third-order valence-corrected chi connectivity index (χ3v) is 10.7. The van der Waals surface area contributed by atoms with E-state index in [1.165, 1.54) is 12.5 Å². The van der Waals surface area contributed by atoms with Gasteiger partial charge in [-0.1, -0.05) is 86.7 Å². The monoisotopic (exact) mass is 796 g/mol. The normalized spacial score (nSPS) is 26.8. The molecular weight excluding hydrogens is 740 g/mol. The van der Waals surface area contributed by atoms with Crippen LogP contribution in [-0.2, 0) is 70.0 Å². The molecule has 2 aliphatic rings. The summed E-state index contributed by atoms with van der Waals surface area (Å²) in [7, 11) is 2.77. The van der Waals surface area contributed by atoms with Gasteiger partial charge in [-0.15, -0.1) is 0 Å². The lowest BCUT2D eigenvalue weighted by Gasteiger charge is -2.49. The van der Waals surface area contributed by atoms with Crippen LogP contribution in [-0.4, -0.2) is 103 Å². The van der Waals surface area contributed by atoms with E-state index in [1.54, 1.807) is 0 Å². The Morgan fingerprint density at radius 2 is 1.49 bits per heavy atom. The molecule has 2 saturated heterocycles. The molecule has 14 nitrogen and oxygen atoms in total. The topological polar surface area (TPSA) is 190 Å². The molecule has 2 heterocycles. The summed E-state index contributed by atoms with van der Waals surface area (Å²) in [5, 5.41) is 24.2. The minimum absolute atomic E-state index is 0.0882. The first-order chi connectivity index (χ1) is 27.2. The summed E-state index contributed by atoms with van der Waals surface area (Å²) < 4.78 is 38.3. The van der Waals surface area contributed by atoms with Crippen molar-refractivity contribution in [2.24, 2.45) is 11.8 Å². The average molecular weight is 797 g/mol. The van der Waals surface area contributed by atoms with Crippen molar-refractivity contribution in [3.63, 3.8) is 0 Å². The van der Waals surface area contributed by atoms with Crippen molar-refractivity contribution in [1.29, 1.82) is 0 Å². The Kier molecular flexibility index (Phi) is 16.0. The summed E-state index contributed by atoms with van der Waals surface area (Å²) in [6, 6.07) is 19.8. The summed E-state index contributed by atoms with van der Waals surface area (Å²) in [6.07, 6.45) is 0.0603. The minimum atomic E-state index is -3.38. The van der Waals surface area contributed by atoms with E-state index in [-0.39, 0.29) is 43.9 Å². The van der Waals surface area contributed by atoms with E-state index in [2.05, 4.69) is 19.1 Å². The van der Waals surface area contributed by atoms with E-state index >= 15 is 0 Å². The van der Waals surface area contributed by atoms with E-state index in [0.717, 1.165) is 46.2 Å². The van der Waals surface area contributed by atoms with E-state index in [0.29, 0.717) is 6.42 Å². The lowest BCUT2D eigenvalue weighted by atomic mass is 9.74. The number of aryl methyl sites for hydroxylation is 1. The fraction of sp³-hybridized carbons (Fsp3) is 0.558. The van der Waals surface area contributed by atoms with Crippen molar-refractivity contribution in [2.45, 2.75) is 120 Å². The van der Waals surface area contributed by atoms with Gasteiger partial charge in [0.15, 0.2) is 6.10 Å². The first-order valence-corrected chi connectivity index (χ1v) is 19.3. The van der Waals surface area contributed by atoms with Gasteiger partial charge in [0.1, 0.15) is 12.2 Å². The van der Waals surface area contributed by atoms with Crippen LogP contribution in [0.2, 0.25) is 0 Å². The molecule has 2 unspecified atom stereocenters. The molecule has 0 aromatic heterocycles. The standard InChI is InChI=1S/C43H56O14/c1-28(18-15-23-31-19-9-7-10-20-31)17-13-14-25-34(45)55-36-35(46)41(26-16-24-33(54-30(3)44)29(2)27-32-21-11-8-12-22-32)56-37(38(47)51-4)42(50,39(48)52-5)43(36,57-41)40(49)53-6/h7-13,17,19-22,28-29,33,35-37,46,50H,14-16,18,23-27H2,1-6H3/b17-13+/t28-,29?,33?,35+,36+,37+,41-,42+,43-/m0/s1. The number of hydrogen-bond donors (Lipinski definition) is 2. The molecule has 9 atom stereocenters. The number of esters is 5. The Morgan fingerprint density at radius 1 is 0.860 bits per heavy atom. The van der Waals surface area contributed by atoms with Crippen LogP contribution in [0.15, 0.2) is 72.8 Å². The lowest BCUT2D eigenvalue weighted by Crippen LogP contribution is -2.78. The van der Waals surface area contributed by atoms with Crippen molar-refractivity contribution in [3.05, 3.63) is 83.9 Å². The number of methoxy groups -OCH3 is 3. The van der Waals surface area contributed by atoms with Crippen molar-refractivity contribution in [2.75, 3.05) is 21.3 Å². The Morgan fingerprint density at radius 3 is 2.09 bits per heavy atom. The third kappa shape index (κ3) is 10.1. The average Bonchev–Trinajstić information content (AvgIpc) is 3.41. The van der Waals surface area contributed by atoms with Crippen LogP contribution in [0.1, 0.15) is 76.8 Å². The van der Waals surface area contributed by atoms with Crippen LogP contribution in [0.5, 0.6) is 0 Å². The molecule has 2 fully saturated rings. The predicted molar refractivity (Wildman–Crippen MR) is 204 cm³/mol. The van der Waals surface area contributed by atoms with Gasteiger partial charge >= 0.3 is 29.8 Å². The van der Waals surface area contributed by atoms with Gasteiger partial charge in [0, 0.05) is 19.8 Å². The summed E-state index contributed by atoms with van der Waals surface area (Å²) in [5.41, 5.74) is -4.18. The maximum absolute atomic E-state index is 13.9. The van der Waals surface area contributed by atoms with Crippen LogP contribution < -0.4 is 0 Å². The Balaban J connectivity index is 1.58. The van der Waals surface area contributed by atoms with Gasteiger partial charge in [-0.05, 0) is 67.9 Å². The third-order valence-electron chi connectivity index (χ3n) is 10.7. The fourth-order valence-electron chi connectivity index (χ4n) is 7.76. The molecule has 2 N–H and O–H groups in total. The van der Waals surface area contributed by atoms with Crippen LogP contribution >= 0.6 is 0 Å². The van der Waals surface area contributed by atoms with Crippen LogP contribution in [0, 0.1) is 11.8 Å². The van der Waals surface area contributed by atoms with Crippen molar-refractivity contribution in [3.8, 4) is 0 Å². The quantitative estimate of drug-likeness (QED) is 0.109. The number of aliphatic hydroxyl groups is 2. The molecule has 2 bridgehead atoms. The van der Waals surface area contributed by atoms with E-state index in [1.807, 2.05) is 67.6 Å². The van der Waals surface area contributed by atoms with E-state index < -0.39 is 71.3 Å². The van der Waals surface area contributed by atoms with Gasteiger partial charge in [0.05, 0.1) is 21.3 Å². The molecule has 0 radical (unpaired) electrons. The number of aliphatic hydroxyl groups excluding tert-OH is 1. The van der Waals surface area contributed by atoms with E-state index in [9.17, 15) is 34.2 Å². The van der Waals surface area contributed by atoms with Crippen LogP contribution in [0.3, 0.4) is 0 Å². The number of fused-ring (bicyclic) bond motifs is 2. The van der Waals surface area contributed by atoms with Gasteiger partial charge in [-0.3, -0.25) is 9.59 Å². The number of benzene rings is 2. The van der Waals surface area contributed by atoms with E-state index in [4.69, 9.17) is 33.2 Å². The second-order valence-electron chi connectivity index (χ2n) is 14.8. The smallest absolute Gasteiger partial charge is 0.346 e. The molecule has 312 valence electrons. The zero-order valence-corrected chi connectivity index (χ0v) is 33.5. The van der Waals surface area contributed by atoms with Gasteiger partial charge in [-0.25, -0.2) is 14.4 Å². The van der Waals surface area contributed by atoms with Gasteiger partial charge in [0.25, 0.3) is 5.60 Å². The van der Waals surface area contributed by atoms with Crippen LogP contribution in [0.4, 0.5) is 0 Å². The molecule has 0 aliphatic carbocycles. The maximum Gasteiger partial charge on any atom is 0.346 e. The number of allylic oxidation sites excluding steroid dienone is 2. The molecule has 14 heteroatoms. The molecule has 2 aromatic rings. The fourth-order valence-corrected chi connectivity index (χ4v) is 7.76. The van der Waals surface area contributed by atoms with Gasteiger partial charge < -0.3 is 43.4 Å². The van der Waals surface area contributed by atoms with Crippen molar-refractivity contribution >= 4 is 29.8 Å². The molecule has 57 heavy (non-hydrogen) atoms. The molecule has 0 spiro atoms. The van der Waals surface area contributed by atoms with Crippen molar-refractivity contribution < 1.29 is 67.3 Å². The van der Waals surface area contributed by atoms with Crippen LogP contribution in [0.25, 0.3) is 0 Å². The predicted octanol–water partition coefficient (Wildman–Crippen LogP) is 4.35. The first-order valence-electron chi connectivity index (χ1n) is 19.3. The highest BCUT2D eigenvalue weighted by atomic mass is 16.8. The summed E-state index contributed by atoms with van der Waals surface area (Å²) in [5.74, 6) is -8.08. The lowest BCUT2D eigenvalue weighted by molar-refractivity contribution is -0.375. The highest BCUT2D eigenvalue weighted by molar-refractivity contribution is 5.99. The zero-order chi connectivity index (χ0) is 41.8. The second-order valence-corrected chi connectivity index (χ2v) is 14.8. The molecular formula is C43H56O14. The number of carbonyl (C=O) groups is 5. The molecule has 2 aromatic carbocycles. The highest BCUT2D eigenvalue weighted by Gasteiger charge is 2.86. The zero-order valence-electron chi connectivity index (χ0n) is 33.5. The second kappa shape index (κ2) is 20.2. The Hall–Kier alpha value is -4.63. The maximum atomic E-state index is 13.9. The molecule has 2 aliphatic heterocycles. The highest BCUT2D eigenvalue weighted by Crippen LogP contribution is 2.56. The minimum Gasteiger partial charge on any atom is -0.467 e. The van der Waals surface area contributed by atoms with Gasteiger partial charge in [0.2, 0.25) is 17.5 Å². The summed E-state index contributed by atoms with van der Waals surface area (Å²) >= 11 is 0. The Labute approximate surface area is 333 Å². The molecule has 4 rings (SSSR count). The number of ether oxygens (including phenoxy) is 7.